The third-order valence-electron chi connectivity index (χ3n) is 11.2. The molecule has 0 amide bonds. The van der Waals surface area contributed by atoms with Crippen LogP contribution < -0.4 is 28.6 Å². The molecule has 0 N–H and O–H groups in total. The minimum atomic E-state index is -0.536. The van der Waals surface area contributed by atoms with Crippen molar-refractivity contribution in [3.63, 3.8) is 0 Å². The molecule has 0 bridgehead atoms. The van der Waals surface area contributed by atoms with E-state index in [-0.39, 0.29) is 12.6 Å². The summed E-state index contributed by atoms with van der Waals surface area (Å²) in [7, 11) is 1.65. The summed E-state index contributed by atoms with van der Waals surface area (Å²) in [4.78, 5) is 26.6. The molecule has 0 radical (unpaired) electrons. The lowest BCUT2D eigenvalue weighted by molar-refractivity contribution is -0.136. The summed E-state index contributed by atoms with van der Waals surface area (Å²) in [5.41, 5.74) is 13.5. The Balaban J connectivity index is 0.938. The van der Waals surface area contributed by atoms with Crippen molar-refractivity contribution in [3.05, 3.63) is 221 Å². The summed E-state index contributed by atoms with van der Waals surface area (Å²) in [6.45, 7) is 9.00. The number of hydrogen-bond donors (Lipinski definition) is 0. The highest BCUT2D eigenvalue weighted by Gasteiger charge is 2.15. The highest BCUT2D eigenvalue weighted by atomic mass is 16.6. The van der Waals surface area contributed by atoms with E-state index in [9.17, 15) is 9.59 Å². The molecule has 67 heavy (non-hydrogen) atoms. The van der Waals surface area contributed by atoms with Crippen molar-refractivity contribution < 1.29 is 33.3 Å². The number of ether oxygens (including phenoxy) is 5. The van der Waals surface area contributed by atoms with E-state index in [0.29, 0.717) is 28.7 Å². The first-order chi connectivity index (χ1) is 32.5. The lowest BCUT2D eigenvalue weighted by Gasteiger charge is -2.26. The van der Waals surface area contributed by atoms with Gasteiger partial charge in [-0.1, -0.05) is 96.1 Å². The molecule has 0 aliphatic carbocycles. The quantitative estimate of drug-likeness (QED) is 0.0572. The summed E-state index contributed by atoms with van der Waals surface area (Å²) in [5, 5.41) is 0. The molecule has 8 nitrogen and oxygen atoms in total. The molecule has 0 saturated heterocycles. The first-order valence-corrected chi connectivity index (χ1v) is 22.0. The molecule has 0 unspecified atom stereocenters. The van der Waals surface area contributed by atoms with Crippen LogP contribution in [0.3, 0.4) is 0 Å². The van der Waals surface area contributed by atoms with Crippen LogP contribution in [0.4, 0.5) is 17.1 Å². The number of carbonyl (C=O) groups excluding carboxylic acids is 2. The number of rotatable bonds is 15. The van der Waals surface area contributed by atoms with Gasteiger partial charge in [-0.2, -0.15) is 0 Å². The van der Waals surface area contributed by atoms with Gasteiger partial charge < -0.3 is 28.6 Å². The van der Waals surface area contributed by atoms with Crippen LogP contribution in [0, 0.1) is 27.7 Å². The van der Waals surface area contributed by atoms with Crippen molar-refractivity contribution in [2.75, 3.05) is 18.6 Å². The predicted molar refractivity (Wildman–Crippen MR) is 267 cm³/mol. The fourth-order valence-corrected chi connectivity index (χ4v) is 7.62. The molecule has 0 fully saturated rings. The van der Waals surface area contributed by atoms with Crippen LogP contribution in [-0.4, -0.2) is 25.7 Å². The Morgan fingerprint density at radius 1 is 0.493 bits per heavy atom. The summed E-state index contributed by atoms with van der Waals surface area (Å²) in [6.07, 6.45) is 2.16. The molecule has 8 aromatic rings. The van der Waals surface area contributed by atoms with E-state index in [1.165, 1.54) is 18.1 Å². The van der Waals surface area contributed by atoms with Crippen molar-refractivity contribution >= 4 is 40.6 Å². The topological polar surface area (TPSA) is 83.5 Å². The highest BCUT2D eigenvalue weighted by molar-refractivity contribution is 5.92. The molecule has 0 spiro atoms. The van der Waals surface area contributed by atoms with Gasteiger partial charge in [0.1, 0.15) is 34.5 Å². The summed E-state index contributed by atoms with van der Waals surface area (Å²) in [5.74, 6) is 2.44. The van der Waals surface area contributed by atoms with E-state index in [0.717, 1.165) is 67.3 Å². The van der Waals surface area contributed by atoms with E-state index in [1.54, 1.807) is 49.6 Å². The fourth-order valence-electron chi connectivity index (χ4n) is 7.62. The Labute approximate surface area is 392 Å². The largest absolute Gasteiger partial charge is 0.497 e. The Morgan fingerprint density at radius 3 is 1.42 bits per heavy atom. The van der Waals surface area contributed by atoms with Gasteiger partial charge in [0.15, 0.2) is 6.61 Å². The van der Waals surface area contributed by atoms with Gasteiger partial charge >= 0.3 is 11.9 Å². The van der Waals surface area contributed by atoms with Crippen LogP contribution in [0.2, 0.25) is 0 Å². The molecule has 0 aliphatic rings. The van der Waals surface area contributed by atoms with E-state index in [2.05, 4.69) is 122 Å². The maximum atomic E-state index is 13.0. The number of carbonyl (C=O) groups is 2. The normalized spacial score (nSPS) is 11.1. The first-order valence-electron chi connectivity index (χ1n) is 22.0. The van der Waals surface area contributed by atoms with Crippen LogP contribution >= 0.6 is 0 Å². The van der Waals surface area contributed by atoms with E-state index >= 15 is 0 Å². The smallest absolute Gasteiger partial charge is 0.349 e. The number of benzene rings is 8. The van der Waals surface area contributed by atoms with Gasteiger partial charge in [0.05, 0.1) is 7.11 Å². The Kier molecular flexibility index (Phi) is 13.9. The molecule has 0 saturated carbocycles. The van der Waals surface area contributed by atoms with Crippen LogP contribution in [0.25, 0.3) is 22.8 Å². The SMILES string of the molecule is COc1ccc(C(=Cc2ccc(-c3ccc(N(c4ccc(C)cc4)c4ccc(C)cc4)cc3)cc2)c2ccc(OC(=O)COc3ccc(Oc4ccc(OC(C)=O)c(C)c4)cc3C)cc2)cc1. The zero-order valence-electron chi connectivity index (χ0n) is 38.4. The van der Waals surface area contributed by atoms with Gasteiger partial charge in [0.2, 0.25) is 0 Å². The minimum absolute atomic E-state index is 0.282. The zero-order chi connectivity index (χ0) is 46.9. The molecule has 0 heterocycles. The standard InChI is InChI=1S/C59H51NO7/c1-39-7-21-49(22-8-39)60(50-23-9-40(2)10-24-50)51-25-15-46(16-26-51)45-13-11-44(12-14-45)37-56(47-17-27-52(63-6)28-18-47)48-19-29-53(30-20-48)67-59(62)38-64-57-33-31-54(35-41(57)3)66-55-32-34-58(42(4)36-55)65-43(5)61/h7-37H,38H2,1-6H3. The van der Waals surface area contributed by atoms with E-state index < -0.39 is 5.97 Å². The van der Waals surface area contributed by atoms with Gasteiger partial charge in [0, 0.05) is 24.0 Å². The number of hydrogen-bond acceptors (Lipinski definition) is 8. The second-order valence-corrected chi connectivity index (χ2v) is 16.3. The van der Waals surface area contributed by atoms with Crippen molar-refractivity contribution in [3.8, 4) is 45.6 Å². The van der Waals surface area contributed by atoms with Crippen LogP contribution in [0.5, 0.6) is 34.5 Å². The number of esters is 2. The van der Waals surface area contributed by atoms with Gasteiger partial charge in [-0.3, -0.25) is 4.79 Å². The lowest BCUT2D eigenvalue weighted by Crippen LogP contribution is -2.18. The monoisotopic (exact) mass is 885 g/mol. The van der Waals surface area contributed by atoms with Crippen LogP contribution in [0.1, 0.15) is 45.9 Å². The Morgan fingerprint density at radius 2 is 0.940 bits per heavy atom. The molecular weight excluding hydrogens is 835 g/mol. The lowest BCUT2D eigenvalue weighted by atomic mass is 9.95. The van der Waals surface area contributed by atoms with Crippen molar-refractivity contribution in [2.24, 2.45) is 0 Å². The number of aryl methyl sites for hydroxylation is 4. The Bertz CT molecular complexity index is 2970. The molecular formula is C59H51NO7. The molecule has 334 valence electrons. The van der Waals surface area contributed by atoms with E-state index in [4.69, 9.17) is 23.7 Å². The number of anilines is 3. The molecule has 8 heteroatoms. The molecule has 0 aromatic heterocycles. The zero-order valence-corrected chi connectivity index (χ0v) is 38.4. The predicted octanol–water partition coefficient (Wildman–Crippen LogP) is 14.4. The van der Waals surface area contributed by atoms with Crippen LogP contribution in [0.15, 0.2) is 182 Å². The molecule has 8 rings (SSSR count). The summed E-state index contributed by atoms with van der Waals surface area (Å²) in [6, 6.07) is 60.5. The summed E-state index contributed by atoms with van der Waals surface area (Å²) >= 11 is 0. The minimum Gasteiger partial charge on any atom is -0.497 e. The van der Waals surface area contributed by atoms with Crippen LogP contribution in [-0.2, 0) is 9.59 Å². The maximum absolute atomic E-state index is 13.0. The highest BCUT2D eigenvalue weighted by Crippen LogP contribution is 2.37. The van der Waals surface area contributed by atoms with Gasteiger partial charge in [-0.05, 0) is 175 Å². The van der Waals surface area contributed by atoms with E-state index in [1.807, 2.05) is 56.3 Å². The number of nitrogens with zero attached hydrogens (tertiary/aromatic N) is 1. The van der Waals surface area contributed by atoms with Gasteiger partial charge in [0.25, 0.3) is 0 Å². The van der Waals surface area contributed by atoms with Crippen molar-refractivity contribution in [2.45, 2.75) is 34.6 Å². The molecule has 8 aromatic carbocycles. The average Bonchev–Trinajstić information content (AvgIpc) is 3.33. The van der Waals surface area contributed by atoms with Crippen molar-refractivity contribution in [1.29, 1.82) is 0 Å². The Hall–Kier alpha value is -8.36. The summed E-state index contributed by atoms with van der Waals surface area (Å²) < 4.78 is 28.2. The third kappa shape index (κ3) is 11.5. The molecule has 0 aliphatic heterocycles. The fraction of sp³-hybridized carbons (Fsp3) is 0.119. The second-order valence-electron chi connectivity index (χ2n) is 16.3. The average molecular weight is 886 g/mol. The maximum Gasteiger partial charge on any atom is 0.349 e. The van der Waals surface area contributed by atoms with Gasteiger partial charge in [-0.15, -0.1) is 0 Å². The second kappa shape index (κ2) is 20.6. The van der Waals surface area contributed by atoms with Crippen molar-refractivity contribution in [1.82, 2.24) is 0 Å². The molecule has 0 atom stereocenters. The third-order valence-corrected chi connectivity index (χ3v) is 11.2. The first kappa shape index (κ1) is 45.2. The van der Waals surface area contributed by atoms with Gasteiger partial charge in [-0.25, -0.2) is 4.79 Å². The number of methoxy groups -OCH3 is 1.